The van der Waals surface area contributed by atoms with E-state index in [0.717, 1.165) is 0 Å². The van der Waals surface area contributed by atoms with Gasteiger partial charge in [-0.3, -0.25) is 4.79 Å². The van der Waals surface area contributed by atoms with Crippen molar-refractivity contribution < 1.29 is 39.4 Å². The molecule has 3 atom stereocenters. The van der Waals surface area contributed by atoms with Gasteiger partial charge < -0.3 is 34.6 Å². The van der Waals surface area contributed by atoms with Crippen LogP contribution >= 0.6 is 0 Å². The van der Waals surface area contributed by atoms with Crippen LogP contribution in [-0.2, 0) is 16.0 Å². The Hall–Kier alpha value is -3.29. The average Bonchev–Trinajstić information content (AvgIpc) is 3.06. The highest BCUT2D eigenvalue weighted by Crippen LogP contribution is 2.54. The van der Waals surface area contributed by atoms with Gasteiger partial charge in [-0.2, -0.15) is 0 Å². The highest BCUT2D eigenvalue weighted by atomic mass is 16.5. The van der Waals surface area contributed by atoms with Gasteiger partial charge >= 0.3 is 5.97 Å². The van der Waals surface area contributed by atoms with Crippen LogP contribution in [0.3, 0.4) is 0 Å². The second-order valence-electron chi connectivity index (χ2n) is 7.03. The first-order chi connectivity index (χ1) is 13.4. The molecule has 2 aromatic rings. The van der Waals surface area contributed by atoms with Crippen LogP contribution < -0.4 is 9.47 Å². The van der Waals surface area contributed by atoms with Gasteiger partial charge in [0.2, 0.25) is 11.5 Å². The predicted molar refractivity (Wildman–Crippen MR) is 96.1 cm³/mol. The van der Waals surface area contributed by atoms with Gasteiger partial charge in [-0.15, -0.1) is 0 Å². The number of hydrogen-bond donors (Lipinski definition) is 4. The first-order valence-electron chi connectivity index (χ1n) is 8.75. The van der Waals surface area contributed by atoms with E-state index in [0.29, 0.717) is 23.1 Å². The molecule has 2 aromatic carbocycles. The fourth-order valence-electron chi connectivity index (χ4n) is 4.31. The molecule has 8 heteroatoms. The number of phenolic OH excluding ortho intramolecular Hbond substituents is 4. The molecule has 4 N–H and O–H groups in total. The molecule has 0 aromatic heterocycles. The zero-order chi connectivity index (χ0) is 20.2. The Morgan fingerprint density at radius 3 is 2.21 bits per heavy atom. The summed E-state index contributed by atoms with van der Waals surface area (Å²) in [6, 6.07) is 4.52. The molecule has 8 nitrogen and oxygen atoms in total. The van der Waals surface area contributed by atoms with Crippen LogP contribution in [-0.4, -0.2) is 47.2 Å². The Bertz CT molecular complexity index is 942. The minimum atomic E-state index is -0.595. The fraction of sp³-hybridized carbons (Fsp3) is 0.350. The van der Waals surface area contributed by atoms with E-state index in [1.54, 1.807) is 12.1 Å². The number of hydrogen-bond acceptors (Lipinski definition) is 8. The lowest BCUT2D eigenvalue weighted by Crippen LogP contribution is -2.31. The van der Waals surface area contributed by atoms with Crippen molar-refractivity contribution in [1.29, 1.82) is 0 Å². The number of ether oxygens (including phenoxy) is 3. The summed E-state index contributed by atoms with van der Waals surface area (Å²) in [5, 5.41) is 40.6. The monoisotopic (exact) mass is 388 g/mol. The topological polar surface area (TPSA) is 126 Å². The normalized spacial score (nSPS) is 22.9. The van der Waals surface area contributed by atoms with Gasteiger partial charge in [0.1, 0.15) is 0 Å². The first-order valence-corrected chi connectivity index (χ1v) is 8.75. The van der Waals surface area contributed by atoms with Crippen molar-refractivity contribution >= 4 is 5.97 Å². The van der Waals surface area contributed by atoms with Gasteiger partial charge in [-0.25, -0.2) is 0 Å². The van der Waals surface area contributed by atoms with E-state index in [1.165, 1.54) is 20.3 Å². The van der Waals surface area contributed by atoms with Gasteiger partial charge in [-0.1, -0.05) is 0 Å². The molecule has 1 fully saturated rings. The van der Waals surface area contributed by atoms with Crippen molar-refractivity contribution in [3.63, 3.8) is 0 Å². The molecule has 28 heavy (non-hydrogen) atoms. The molecular formula is C20H20O8. The number of cyclic esters (lactones) is 1. The fourth-order valence-corrected chi connectivity index (χ4v) is 4.31. The van der Waals surface area contributed by atoms with Gasteiger partial charge in [-0.05, 0) is 35.7 Å². The van der Waals surface area contributed by atoms with Gasteiger partial charge in [0, 0.05) is 17.4 Å². The van der Waals surface area contributed by atoms with Crippen molar-refractivity contribution in [2.45, 2.75) is 12.3 Å². The zero-order valence-corrected chi connectivity index (χ0v) is 15.3. The summed E-state index contributed by atoms with van der Waals surface area (Å²) >= 11 is 0. The van der Waals surface area contributed by atoms with Gasteiger partial charge in [0.25, 0.3) is 0 Å². The summed E-state index contributed by atoms with van der Waals surface area (Å²) in [5.41, 5.74) is 1.54. The van der Waals surface area contributed by atoms with Crippen LogP contribution in [0.2, 0.25) is 0 Å². The lowest BCUT2D eigenvalue weighted by atomic mass is 9.67. The van der Waals surface area contributed by atoms with Crippen LogP contribution in [0.4, 0.5) is 0 Å². The SMILES string of the molecule is COc1cc([C@@H]2c3cc(O)c(O)c(O)c3CC3COC(=O)[C@@H]32)cc(OC)c1O. The third-order valence-electron chi connectivity index (χ3n) is 5.63. The van der Waals surface area contributed by atoms with E-state index in [4.69, 9.17) is 14.2 Å². The molecule has 0 radical (unpaired) electrons. The smallest absolute Gasteiger partial charge is 0.310 e. The minimum absolute atomic E-state index is 0.164. The molecule has 2 aliphatic rings. The summed E-state index contributed by atoms with van der Waals surface area (Å²) in [5.74, 6) is -3.05. The average molecular weight is 388 g/mol. The maximum absolute atomic E-state index is 12.5. The van der Waals surface area contributed by atoms with Crippen LogP contribution in [0.25, 0.3) is 0 Å². The lowest BCUT2D eigenvalue weighted by Gasteiger charge is -2.34. The molecule has 0 spiro atoms. The second kappa shape index (κ2) is 6.40. The molecule has 1 aliphatic carbocycles. The number of carbonyl (C=O) groups is 1. The van der Waals surface area contributed by atoms with E-state index in [9.17, 15) is 25.2 Å². The molecule has 1 saturated heterocycles. The molecule has 1 heterocycles. The molecule has 4 rings (SSSR count). The molecule has 0 saturated carbocycles. The van der Waals surface area contributed by atoms with Crippen molar-refractivity contribution in [2.24, 2.45) is 11.8 Å². The maximum atomic E-state index is 12.5. The second-order valence-corrected chi connectivity index (χ2v) is 7.03. The number of methoxy groups -OCH3 is 2. The standard InChI is InChI=1S/C20H20O8/c1-26-13-4-8(5-14(27-2)19(13)24)15-10-6-12(21)18(23)17(22)11(10)3-9-7-28-20(25)16(9)15/h4-6,9,15-16,21-24H,3,7H2,1-2H3/t9?,15-,16+/m1/s1. The van der Waals surface area contributed by atoms with E-state index in [-0.39, 0.29) is 35.7 Å². The number of benzene rings is 2. The molecule has 1 unspecified atom stereocenters. The summed E-state index contributed by atoms with van der Waals surface area (Å²) < 4.78 is 15.7. The third kappa shape index (κ3) is 2.48. The summed E-state index contributed by atoms with van der Waals surface area (Å²) in [7, 11) is 2.80. The van der Waals surface area contributed by atoms with Crippen LogP contribution in [0.5, 0.6) is 34.5 Å². The van der Waals surface area contributed by atoms with Crippen LogP contribution in [0, 0.1) is 11.8 Å². The van der Waals surface area contributed by atoms with E-state index in [1.807, 2.05) is 0 Å². The minimum Gasteiger partial charge on any atom is -0.504 e. The Kier molecular flexibility index (Phi) is 4.14. The number of carbonyl (C=O) groups excluding carboxylic acids is 1. The molecule has 0 bridgehead atoms. The van der Waals surface area contributed by atoms with E-state index in [2.05, 4.69) is 0 Å². The largest absolute Gasteiger partial charge is 0.504 e. The first kappa shape index (κ1) is 18.1. The Balaban J connectivity index is 1.98. The maximum Gasteiger partial charge on any atom is 0.310 e. The summed E-state index contributed by atoms with van der Waals surface area (Å²) in [6.07, 6.45) is 0.328. The third-order valence-corrected chi connectivity index (χ3v) is 5.63. The van der Waals surface area contributed by atoms with Crippen LogP contribution in [0.1, 0.15) is 22.6 Å². The van der Waals surface area contributed by atoms with Crippen molar-refractivity contribution in [3.05, 3.63) is 34.9 Å². The summed E-state index contributed by atoms with van der Waals surface area (Å²) in [6.45, 7) is 0.201. The van der Waals surface area contributed by atoms with Crippen LogP contribution in [0.15, 0.2) is 18.2 Å². The molecular weight excluding hydrogens is 368 g/mol. The quantitative estimate of drug-likeness (QED) is 0.465. The van der Waals surface area contributed by atoms with E-state index < -0.39 is 29.1 Å². The highest BCUT2D eigenvalue weighted by molar-refractivity contribution is 5.79. The number of rotatable bonds is 3. The number of fused-ring (bicyclic) bond motifs is 2. The summed E-state index contributed by atoms with van der Waals surface area (Å²) in [4.78, 5) is 12.5. The number of esters is 1. The van der Waals surface area contributed by atoms with Crippen molar-refractivity contribution in [2.75, 3.05) is 20.8 Å². The van der Waals surface area contributed by atoms with E-state index >= 15 is 0 Å². The van der Waals surface area contributed by atoms with Gasteiger partial charge in [0.05, 0.1) is 26.7 Å². The zero-order valence-electron chi connectivity index (χ0n) is 15.3. The van der Waals surface area contributed by atoms with Crippen molar-refractivity contribution in [1.82, 2.24) is 0 Å². The highest BCUT2D eigenvalue weighted by Gasteiger charge is 2.49. The number of phenols is 4. The molecule has 148 valence electrons. The molecule has 1 aliphatic heterocycles. The Morgan fingerprint density at radius 1 is 0.964 bits per heavy atom. The molecule has 0 amide bonds. The predicted octanol–water partition coefficient (Wildman–Crippen LogP) is 2.00. The Labute approximate surface area is 160 Å². The Morgan fingerprint density at radius 2 is 1.61 bits per heavy atom. The number of aromatic hydroxyl groups is 4. The van der Waals surface area contributed by atoms with Gasteiger partial charge in [0.15, 0.2) is 23.0 Å². The lowest BCUT2D eigenvalue weighted by molar-refractivity contribution is -0.141. The van der Waals surface area contributed by atoms with Crippen molar-refractivity contribution in [3.8, 4) is 34.5 Å².